The van der Waals surface area contributed by atoms with Gasteiger partial charge in [-0.05, 0) is 24.5 Å². The van der Waals surface area contributed by atoms with E-state index in [9.17, 15) is 14.4 Å². The fraction of sp³-hybridized carbons (Fsp3) is 0.292. The van der Waals surface area contributed by atoms with E-state index in [1.165, 1.54) is 29.8 Å². The largest absolute Gasteiger partial charge is 0.374 e. The molecule has 32 heavy (non-hydrogen) atoms. The zero-order valence-electron chi connectivity index (χ0n) is 17.7. The van der Waals surface area contributed by atoms with Gasteiger partial charge in [0.2, 0.25) is 11.8 Å². The van der Waals surface area contributed by atoms with Crippen molar-refractivity contribution in [2.45, 2.75) is 37.8 Å². The Hall–Kier alpha value is -3.81. The van der Waals surface area contributed by atoms with Crippen LogP contribution in [0, 0.1) is 5.41 Å². The third-order valence-electron chi connectivity index (χ3n) is 5.77. The first-order valence-corrected chi connectivity index (χ1v) is 10.6. The number of carbonyl (C=O) groups excluding carboxylic acids is 3. The Morgan fingerprint density at radius 3 is 2.72 bits per heavy atom. The van der Waals surface area contributed by atoms with Crippen LogP contribution in [0.3, 0.4) is 0 Å². The minimum Gasteiger partial charge on any atom is -0.374 e. The summed E-state index contributed by atoms with van der Waals surface area (Å²) in [5, 5.41) is 14.0. The Kier molecular flexibility index (Phi) is 6.11. The van der Waals surface area contributed by atoms with Crippen LogP contribution in [-0.4, -0.2) is 51.8 Å². The second-order valence-electron chi connectivity index (χ2n) is 8.01. The Bertz CT molecular complexity index is 1080. The number of carbonyl (C=O) groups is 3. The fourth-order valence-electron chi connectivity index (χ4n) is 3.92. The van der Waals surface area contributed by atoms with Crippen molar-refractivity contribution in [1.82, 2.24) is 15.2 Å². The Morgan fingerprint density at radius 2 is 1.97 bits per heavy atom. The molecule has 1 aliphatic heterocycles. The number of aromatic nitrogens is 1. The summed E-state index contributed by atoms with van der Waals surface area (Å²) in [5.74, 6) is -0.495. The predicted molar refractivity (Wildman–Crippen MR) is 120 cm³/mol. The van der Waals surface area contributed by atoms with Gasteiger partial charge in [-0.15, -0.1) is 0 Å². The first kappa shape index (κ1) is 21.4. The SMILES string of the molecule is CC(=O)C(=N)c1ccncc1NCC(=O)N1C=CC[C@H]1C(=O)N[C@H]1C[C@@H]1c1ccccc1. The summed E-state index contributed by atoms with van der Waals surface area (Å²) in [6.45, 7) is 1.23. The highest BCUT2D eigenvalue weighted by atomic mass is 16.2. The highest BCUT2D eigenvalue weighted by Gasteiger charge is 2.41. The zero-order chi connectivity index (χ0) is 22.7. The van der Waals surface area contributed by atoms with Crippen LogP contribution < -0.4 is 10.6 Å². The normalized spacial score (nSPS) is 21.2. The van der Waals surface area contributed by atoms with E-state index in [1.807, 2.05) is 24.3 Å². The predicted octanol–water partition coefficient (Wildman–Crippen LogP) is 2.24. The summed E-state index contributed by atoms with van der Waals surface area (Å²) in [5.41, 5.74) is 1.86. The molecule has 3 atom stereocenters. The maximum absolute atomic E-state index is 12.8. The Labute approximate surface area is 186 Å². The summed E-state index contributed by atoms with van der Waals surface area (Å²) in [6, 6.07) is 11.2. The molecule has 2 heterocycles. The van der Waals surface area contributed by atoms with E-state index < -0.39 is 6.04 Å². The van der Waals surface area contributed by atoms with E-state index in [4.69, 9.17) is 5.41 Å². The molecule has 0 radical (unpaired) electrons. The molecule has 164 valence electrons. The maximum Gasteiger partial charge on any atom is 0.246 e. The molecule has 3 N–H and O–H groups in total. The van der Waals surface area contributed by atoms with Gasteiger partial charge in [0, 0.05) is 36.8 Å². The van der Waals surface area contributed by atoms with Gasteiger partial charge in [-0.25, -0.2) is 0 Å². The van der Waals surface area contributed by atoms with Crippen LogP contribution in [0.1, 0.15) is 36.8 Å². The number of anilines is 1. The lowest BCUT2D eigenvalue weighted by atomic mass is 10.1. The van der Waals surface area contributed by atoms with E-state index in [-0.39, 0.29) is 35.9 Å². The lowest BCUT2D eigenvalue weighted by Crippen LogP contribution is -2.47. The molecule has 1 fully saturated rings. The van der Waals surface area contributed by atoms with Crippen molar-refractivity contribution in [2.75, 3.05) is 11.9 Å². The van der Waals surface area contributed by atoms with Crippen LogP contribution in [0.15, 0.2) is 61.1 Å². The number of ketones is 1. The number of hydrogen-bond donors (Lipinski definition) is 3. The van der Waals surface area contributed by atoms with Crippen molar-refractivity contribution in [2.24, 2.45) is 0 Å². The maximum atomic E-state index is 12.8. The first-order chi connectivity index (χ1) is 15.5. The van der Waals surface area contributed by atoms with Crippen LogP contribution in [0.4, 0.5) is 5.69 Å². The molecule has 0 unspecified atom stereocenters. The van der Waals surface area contributed by atoms with Gasteiger partial charge in [-0.1, -0.05) is 36.4 Å². The van der Waals surface area contributed by atoms with E-state index >= 15 is 0 Å². The van der Waals surface area contributed by atoms with Crippen molar-refractivity contribution < 1.29 is 14.4 Å². The summed E-state index contributed by atoms with van der Waals surface area (Å²) in [7, 11) is 0. The van der Waals surface area contributed by atoms with E-state index in [0.717, 1.165) is 6.42 Å². The standard InChI is InChI=1S/C24H25N5O3/c1-15(30)23(25)17-9-10-26-13-20(17)27-14-22(31)29-11-5-8-21(29)24(32)28-19-12-18(19)16-6-3-2-4-7-16/h2-7,9-11,13,18-19,21,25,27H,8,12,14H2,1H3,(H,28,32)/t18-,19+,21+/m1/s1. The summed E-state index contributed by atoms with van der Waals surface area (Å²) >= 11 is 0. The number of nitrogens with one attached hydrogen (secondary N) is 3. The molecule has 2 aliphatic rings. The molecular formula is C24H25N5O3. The minimum atomic E-state index is -0.579. The molecule has 1 aliphatic carbocycles. The smallest absolute Gasteiger partial charge is 0.246 e. The molecule has 0 saturated heterocycles. The fourth-order valence-corrected chi connectivity index (χ4v) is 3.92. The van der Waals surface area contributed by atoms with E-state index in [1.54, 1.807) is 12.3 Å². The van der Waals surface area contributed by atoms with Gasteiger partial charge in [-0.2, -0.15) is 0 Å². The number of nitrogens with zero attached hydrogens (tertiary/aromatic N) is 2. The third kappa shape index (κ3) is 4.59. The third-order valence-corrected chi connectivity index (χ3v) is 5.77. The second kappa shape index (κ2) is 9.13. The van der Waals surface area contributed by atoms with E-state index in [0.29, 0.717) is 23.6 Å². The van der Waals surface area contributed by atoms with Crippen molar-refractivity contribution in [3.05, 3.63) is 72.2 Å². The monoisotopic (exact) mass is 431 g/mol. The highest BCUT2D eigenvalue weighted by Crippen LogP contribution is 2.40. The van der Waals surface area contributed by atoms with Gasteiger partial charge in [0.15, 0.2) is 5.78 Å². The average Bonchev–Trinajstić information content (AvgIpc) is 3.39. The quantitative estimate of drug-likeness (QED) is 0.555. The van der Waals surface area contributed by atoms with Crippen molar-refractivity contribution in [3.8, 4) is 0 Å². The number of amides is 2. The molecule has 1 saturated carbocycles. The molecule has 0 bridgehead atoms. The molecular weight excluding hydrogens is 406 g/mol. The van der Waals surface area contributed by atoms with Gasteiger partial charge < -0.3 is 15.5 Å². The topological polar surface area (TPSA) is 115 Å². The van der Waals surface area contributed by atoms with Gasteiger partial charge in [0.05, 0.1) is 18.4 Å². The van der Waals surface area contributed by atoms with Crippen molar-refractivity contribution >= 4 is 29.0 Å². The zero-order valence-corrected chi connectivity index (χ0v) is 17.7. The highest BCUT2D eigenvalue weighted by molar-refractivity contribution is 6.45. The molecule has 0 spiro atoms. The number of benzene rings is 1. The van der Waals surface area contributed by atoms with Crippen LogP contribution in [0.25, 0.3) is 0 Å². The van der Waals surface area contributed by atoms with Gasteiger partial charge in [0.25, 0.3) is 0 Å². The molecule has 2 aromatic rings. The summed E-state index contributed by atoms with van der Waals surface area (Å²) < 4.78 is 0. The lowest BCUT2D eigenvalue weighted by molar-refractivity contribution is -0.135. The van der Waals surface area contributed by atoms with Gasteiger partial charge in [0.1, 0.15) is 11.8 Å². The first-order valence-electron chi connectivity index (χ1n) is 10.6. The molecule has 1 aromatic heterocycles. The van der Waals surface area contributed by atoms with Crippen LogP contribution in [-0.2, 0) is 14.4 Å². The van der Waals surface area contributed by atoms with Crippen LogP contribution >= 0.6 is 0 Å². The molecule has 4 rings (SSSR count). The van der Waals surface area contributed by atoms with Crippen molar-refractivity contribution in [3.63, 3.8) is 0 Å². The van der Waals surface area contributed by atoms with Gasteiger partial charge in [-0.3, -0.25) is 24.8 Å². The number of hydrogen-bond acceptors (Lipinski definition) is 6. The van der Waals surface area contributed by atoms with Crippen LogP contribution in [0.5, 0.6) is 0 Å². The Balaban J connectivity index is 1.34. The van der Waals surface area contributed by atoms with Crippen LogP contribution in [0.2, 0.25) is 0 Å². The lowest BCUT2D eigenvalue weighted by Gasteiger charge is -2.24. The minimum absolute atomic E-state index is 0.0892. The molecule has 8 nitrogen and oxygen atoms in total. The summed E-state index contributed by atoms with van der Waals surface area (Å²) in [6.07, 6.45) is 7.78. The number of pyridine rings is 1. The number of Topliss-reactive ketones (excluding diaryl/α,β-unsaturated/α-hetero) is 1. The number of rotatable bonds is 8. The molecule has 8 heteroatoms. The molecule has 1 aromatic carbocycles. The summed E-state index contributed by atoms with van der Waals surface area (Å²) in [4.78, 5) is 42.7. The van der Waals surface area contributed by atoms with Gasteiger partial charge >= 0.3 is 0 Å². The Morgan fingerprint density at radius 1 is 1.19 bits per heavy atom. The molecule has 2 amide bonds. The van der Waals surface area contributed by atoms with E-state index in [2.05, 4.69) is 27.8 Å². The second-order valence-corrected chi connectivity index (χ2v) is 8.01. The average molecular weight is 431 g/mol. The van der Waals surface area contributed by atoms with Crippen molar-refractivity contribution in [1.29, 1.82) is 5.41 Å².